The number of nitrogens with one attached hydrogen (secondary N) is 2. The minimum absolute atomic E-state index is 0.0628. The van der Waals surface area contributed by atoms with Gasteiger partial charge in [0.05, 0.1) is 22.8 Å². The molecule has 10 heteroatoms. The molecule has 9 nitrogen and oxygen atoms in total. The summed E-state index contributed by atoms with van der Waals surface area (Å²) in [5, 5.41) is 9.17. The van der Waals surface area contributed by atoms with Crippen molar-refractivity contribution in [2.24, 2.45) is 0 Å². The van der Waals surface area contributed by atoms with Gasteiger partial charge in [0.2, 0.25) is 15.8 Å². The van der Waals surface area contributed by atoms with Crippen LogP contribution < -0.4 is 5.32 Å². The van der Waals surface area contributed by atoms with Gasteiger partial charge in [-0.2, -0.15) is 9.40 Å². The summed E-state index contributed by atoms with van der Waals surface area (Å²) in [6.45, 7) is 3.46. The first kappa shape index (κ1) is 18.8. The molecule has 1 aromatic carbocycles. The Bertz CT molecular complexity index is 1060. The van der Waals surface area contributed by atoms with Crippen LogP contribution in [-0.4, -0.2) is 40.9 Å². The molecule has 0 radical (unpaired) electrons. The van der Waals surface area contributed by atoms with Crippen molar-refractivity contribution < 1.29 is 17.6 Å². The van der Waals surface area contributed by atoms with Gasteiger partial charge < -0.3 is 9.73 Å². The van der Waals surface area contributed by atoms with Crippen LogP contribution in [0.25, 0.3) is 0 Å². The molecule has 0 saturated carbocycles. The number of aryl methyl sites for hydroxylation is 2. The fraction of sp³-hybridized carbons (Fsp3) is 0.235. The van der Waals surface area contributed by atoms with Gasteiger partial charge in [-0.1, -0.05) is 6.07 Å². The molecule has 27 heavy (non-hydrogen) atoms. The Kier molecular flexibility index (Phi) is 5.10. The van der Waals surface area contributed by atoms with Gasteiger partial charge in [0.1, 0.15) is 0 Å². The van der Waals surface area contributed by atoms with Crippen LogP contribution in [0.4, 0.5) is 5.69 Å². The zero-order valence-corrected chi connectivity index (χ0v) is 15.9. The second-order valence-electron chi connectivity index (χ2n) is 5.97. The van der Waals surface area contributed by atoms with Crippen LogP contribution in [0.1, 0.15) is 27.8 Å². The van der Waals surface area contributed by atoms with Crippen molar-refractivity contribution in [1.29, 1.82) is 0 Å². The third-order valence-electron chi connectivity index (χ3n) is 3.86. The van der Waals surface area contributed by atoms with Crippen LogP contribution in [0.3, 0.4) is 0 Å². The van der Waals surface area contributed by atoms with Gasteiger partial charge in [0, 0.05) is 25.9 Å². The van der Waals surface area contributed by atoms with Gasteiger partial charge in [0.15, 0.2) is 5.89 Å². The molecule has 0 aliphatic rings. The molecule has 2 heterocycles. The molecule has 0 unspecified atom stereocenters. The molecule has 0 spiro atoms. The fourth-order valence-corrected chi connectivity index (χ4v) is 3.74. The maximum absolute atomic E-state index is 12.8. The van der Waals surface area contributed by atoms with Crippen LogP contribution in [0.15, 0.2) is 45.8 Å². The second-order valence-corrected chi connectivity index (χ2v) is 8.02. The molecule has 2 aromatic heterocycles. The SMILES string of the molecule is Cc1nc(C)c(C(=O)Nc2cccc(S(=O)(=O)N(C)Cc3ccn[nH]3)c2)o1. The number of rotatable bonds is 6. The average Bonchev–Trinajstić information content (AvgIpc) is 3.24. The summed E-state index contributed by atoms with van der Waals surface area (Å²) in [6, 6.07) is 7.73. The zero-order valence-electron chi connectivity index (χ0n) is 15.1. The van der Waals surface area contributed by atoms with E-state index in [-0.39, 0.29) is 17.2 Å². The summed E-state index contributed by atoms with van der Waals surface area (Å²) in [5.74, 6) is -0.0139. The number of anilines is 1. The van der Waals surface area contributed by atoms with Crippen molar-refractivity contribution in [1.82, 2.24) is 19.5 Å². The van der Waals surface area contributed by atoms with Gasteiger partial charge in [-0.3, -0.25) is 9.89 Å². The molecule has 0 aliphatic carbocycles. The first-order valence-electron chi connectivity index (χ1n) is 8.07. The lowest BCUT2D eigenvalue weighted by Crippen LogP contribution is -2.26. The summed E-state index contributed by atoms with van der Waals surface area (Å²) < 4.78 is 32.0. The number of aromatic nitrogens is 3. The van der Waals surface area contributed by atoms with Crippen molar-refractivity contribution in [3.8, 4) is 0 Å². The van der Waals surface area contributed by atoms with E-state index in [0.717, 1.165) is 0 Å². The van der Waals surface area contributed by atoms with Gasteiger partial charge in [-0.15, -0.1) is 0 Å². The van der Waals surface area contributed by atoms with Crippen molar-refractivity contribution in [2.45, 2.75) is 25.3 Å². The molecule has 1 amide bonds. The summed E-state index contributed by atoms with van der Waals surface area (Å²) in [7, 11) is -2.27. The molecule has 0 fully saturated rings. The Morgan fingerprint density at radius 1 is 1.30 bits per heavy atom. The van der Waals surface area contributed by atoms with E-state index >= 15 is 0 Å². The van der Waals surface area contributed by atoms with Gasteiger partial charge in [-0.25, -0.2) is 13.4 Å². The Labute approximate surface area is 156 Å². The molecule has 3 rings (SSSR count). The van der Waals surface area contributed by atoms with Crippen LogP contribution in [0, 0.1) is 13.8 Å². The number of carbonyl (C=O) groups is 1. The van der Waals surface area contributed by atoms with E-state index in [4.69, 9.17) is 4.42 Å². The van der Waals surface area contributed by atoms with Crippen LogP contribution in [-0.2, 0) is 16.6 Å². The first-order chi connectivity index (χ1) is 12.8. The molecule has 0 bridgehead atoms. The van der Waals surface area contributed by atoms with E-state index in [9.17, 15) is 13.2 Å². The fourth-order valence-electron chi connectivity index (χ4n) is 2.54. The lowest BCUT2D eigenvalue weighted by Gasteiger charge is -2.17. The summed E-state index contributed by atoms with van der Waals surface area (Å²) in [4.78, 5) is 16.5. The molecule has 142 valence electrons. The Morgan fingerprint density at radius 2 is 2.07 bits per heavy atom. The monoisotopic (exact) mass is 389 g/mol. The summed E-state index contributed by atoms with van der Waals surface area (Å²) >= 11 is 0. The van der Waals surface area contributed by atoms with E-state index in [1.165, 1.54) is 23.5 Å². The summed E-state index contributed by atoms with van der Waals surface area (Å²) in [5.41, 5.74) is 1.47. The molecule has 2 N–H and O–H groups in total. The normalized spacial score (nSPS) is 11.7. The third kappa shape index (κ3) is 4.07. The van der Waals surface area contributed by atoms with Gasteiger partial charge in [-0.05, 0) is 31.2 Å². The van der Waals surface area contributed by atoms with Crippen molar-refractivity contribution in [2.75, 3.05) is 12.4 Å². The number of oxazole rings is 1. The second kappa shape index (κ2) is 7.33. The van der Waals surface area contributed by atoms with Crippen molar-refractivity contribution >= 4 is 21.6 Å². The number of aromatic amines is 1. The summed E-state index contributed by atoms with van der Waals surface area (Å²) in [6.07, 6.45) is 1.55. The van der Waals surface area contributed by atoms with Gasteiger partial charge in [0.25, 0.3) is 5.91 Å². The Morgan fingerprint density at radius 3 is 2.70 bits per heavy atom. The number of hydrogen-bond acceptors (Lipinski definition) is 6. The molecule has 3 aromatic rings. The van der Waals surface area contributed by atoms with Crippen molar-refractivity contribution in [3.05, 3.63) is 59.6 Å². The maximum Gasteiger partial charge on any atom is 0.293 e. The smallest absolute Gasteiger partial charge is 0.293 e. The molecule has 0 aliphatic heterocycles. The highest BCUT2D eigenvalue weighted by Gasteiger charge is 2.22. The first-order valence-corrected chi connectivity index (χ1v) is 9.51. The lowest BCUT2D eigenvalue weighted by atomic mass is 10.3. The zero-order chi connectivity index (χ0) is 19.6. The highest BCUT2D eigenvalue weighted by Crippen LogP contribution is 2.21. The number of H-pyrrole nitrogens is 1. The van der Waals surface area contributed by atoms with Crippen molar-refractivity contribution in [3.63, 3.8) is 0 Å². The molecule has 0 atom stereocenters. The average molecular weight is 389 g/mol. The van der Waals surface area contributed by atoms with Crippen LogP contribution >= 0.6 is 0 Å². The predicted octanol–water partition coefficient (Wildman–Crippen LogP) is 2.09. The minimum Gasteiger partial charge on any atom is -0.436 e. The number of amides is 1. The van der Waals surface area contributed by atoms with Crippen LogP contribution in [0.2, 0.25) is 0 Å². The number of benzene rings is 1. The number of nitrogens with zero attached hydrogens (tertiary/aromatic N) is 3. The van der Waals surface area contributed by atoms with E-state index in [0.29, 0.717) is 23.0 Å². The standard InChI is InChI=1S/C17H19N5O4S/c1-11-16(26-12(2)19-11)17(23)20-13-5-4-6-15(9-13)27(24,25)22(3)10-14-7-8-18-21-14/h4-9H,10H2,1-3H3,(H,18,21)(H,20,23). The minimum atomic E-state index is -3.74. The Balaban J connectivity index is 1.80. The number of hydrogen-bond donors (Lipinski definition) is 2. The molecule has 0 saturated heterocycles. The third-order valence-corrected chi connectivity index (χ3v) is 5.66. The predicted molar refractivity (Wildman–Crippen MR) is 97.6 cm³/mol. The number of carbonyl (C=O) groups excluding carboxylic acids is 1. The topological polar surface area (TPSA) is 121 Å². The van der Waals surface area contributed by atoms with E-state index < -0.39 is 15.9 Å². The largest absolute Gasteiger partial charge is 0.436 e. The number of sulfonamides is 1. The molecular weight excluding hydrogens is 370 g/mol. The lowest BCUT2D eigenvalue weighted by molar-refractivity contribution is 0.0994. The van der Waals surface area contributed by atoms with E-state index in [2.05, 4.69) is 20.5 Å². The Hall–Kier alpha value is -2.98. The quantitative estimate of drug-likeness (QED) is 0.666. The van der Waals surface area contributed by atoms with E-state index in [1.807, 2.05) is 0 Å². The van der Waals surface area contributed by atoms with E-state index in [1.54, 1.807) is 38.2 Å². The molecular formula is C17H19N5O4S. The highest BCUT2D eigenvalue weighted by atomic mass is 32.2. The maximum atomic E-state index is 12.8. The van der Waals surface area contributed by atoms with Gasteiger partial charge >= 0.3 is 0 Å². The highest BCUT2D eigenvalue weighted by molar-refractivity contribution is 7.89. The van der Waals surface area contributed by atoms with Crippen LogP contribution in [0.5, 0.6) is 0 Å².